The van der Waals surface area contributed by atoms with Gasteiger partial charge in [-0.25, -0.2) is 0 Å². The molecule has 0 spiro atoms. The monoisotopic (exact) mass is 412 g/mol. The van der Waals surface area contributed by atoms with Crippen LogP contribution in [0.3, 0.4) is 0 Å². The van der Waals surface area contributed by atoms with Crippen LogP contribution in [0.15, 0.2) is 24.3 Å². The summed E-state index contributed by atoms with van der Waals surface area (Å²) >= 11 is 0. The van der Waals surface area contributed by atoms with Crippen molar-refractivity contribution in [3.05, 3.63) is 24.3 Å². The summed E-state index contributed by atoms with van der Waals surface area (Å²) in [5, 5.41) is 2.82. The summed E-state index contributed by atoms with van der Waals surface area (Å²) in [5.74, 6) is -1.34. The van der Waals surface area contributed by atoms with Gasteiger partial charge in [0.25, 0.3) is 5.91 Å². The molecule has 0 saturated heterocycles. The number of anilines is 2. The second kappa shape index (κ2) is 7.52. The number of esters is 1. The maximum absolute atomic E-state index is 13.3. The van der Waals surface area contributed by atoms with Crippen LogP contribution in [0.25, 0.3) is 0 Å². The van der Waals surface area contributed by atoms with Gasteiger partial charge in [-0.2, -0.15) is 0 Å². The van der Waals surface area contributed by atoms with E-state index in [-0.39, 0.29) is 29.4 Å². The van der Waals surface area contributed by atoms with Gasteiger partial charge in [0.2, 0.25) is 5.91 Å². The zero-order chi connectivity index (χ0) is 21.6. The SMILES string of the molecule is C[C@H](OC(=O)C1C[C@H]2CCC[C@@H](C1)C2=O)C(=O)N1c2ccccc2NC(=O)C1(C)C. The molecule has 1 aromatic rings. The quantitative estimate of drug-likeness (QED) is 0.770. The zero-order valence-corrected chi connectivity index (χ0v) is 17.6. The van der Waals surface area contributed by atoms with E-state index < -0.39 is 23.5 Å². The van der Waals surface area contributed by atoms with E-state index >= 15 is 0 Å². The van der Waals surface area contributed by atoms with E-state index in [1.165, 1.54) is 4.90 Å². The summed E-state index contributed by atoms with van der Waals surface area (Å²) < 4.78 is 5.58. The van der Waals surface area contributed by atoms with Crippen molar-refractivity contribution in [2.24, 2.45) is 17.8 Å². The number of rotatable bonds is 3. The Labute approximate surface area is 176 Å². The van der Waals surface area contributed by atoms with Crippen LogP contribution in [0, 0.1) is 17.8 Å². The number of Topliss-reactive ketones (excluding diaryl/α,β-unsaturated/α-hetero) is 1. The molecule has 4 rings (SSSR count). The minimum atomic E-state index is -1.12. The lowest BCUT2D eigenvalue weighted by Crippen LogP contribution is -2.60. The fourth-order valence-electron chi connectivity index (χ4n) is 5.02. The first-order valence-electron chi connectivity index (χ1n) is 10.7. The average molecular weight is 412 g/mol. The Morgan fingerprint density at radius 2 is 1.77 bits per heavy atom. The topological polar surface area (TPSA) is 92.8 Å². The van der Waals surface area contributed by atoms with Gasteiger partial charge in [-0.05, 0) is 58.6 Å². The van der Waals surface area contributed by atoms with Crippen LogP contribution < -0.4 is 10.2 Å². The Balaban J connectivity index is 1.50. The van der Waals surface area contributed by atoms with Crippen molar-refractivity contribution in [2.45, 2.75) is 64.5 Å². The number of amides is 2. The molecule has 3 aliphatic rings. The second-order valence-corrected chi connectivity index (χ2v) is 9.18. The molecule has 2 amide bonds. The number of carbonyl (C=O) groups excluding carboxylic acids is 4. The van der Waals surface area contributed by atoms with Crippen molar-refractivity contribution in [1.29, 1.82) is 0 Å². The minimum Gasteiger partial charge on any atom is -0.452 e. The van der Waals surface area contributed by atoms with Crippen LogP contribution in [0.2, 0.25) is 0 Å². The molecule has 2 aliphatic carbocycles. The number of hydrogen-bond donors (Lipinski definition) is 1. The molecule has 7 nitrogen and oxygen atoms in total. The first-order chi connectivity index (χ1) is 14.2. The molecule has 2 fully saturated rings. The highest BCUT2D eigenvalue weighted by atomic mass is 16.5. The maximum Gasteiger partial charge on any atom is 0.309 e. The molecule has 2 bridgehead atoms. The van der Waals surface area contributed by atoms with Crippen LogP contribution >= 0.6 is 0 Å². The first kappa shape index (κ1) is 20.6. The number of hydrogen-bond acceptors (Lipinski definition) is 5. The third kappa shape index (κ3) is 3.40. The van der Waals surface area contributed by atoms with Gasteiger partial charge in [-0.3, -0.25) is 24.1 Å². The van der Waals surface area contributed by atoms with E-state index in [2.05, 4.69) is 5.32 Å². The molecular formula is C23H28N2O5. The van der Waals surface area contributed by atoms with E-state index in [4.69, 9.17) is 4.74 Å². The summed E-state index contributed by atoms with van der Waals surface area (Å²) in [6.07, 6.45) is 2.69. The van der Waals surface area contributed by atoms with E-state index in [1.54, 1.807) is 45.0 Å². The Morgan fingerprint density at radius 3 is 2.43 bits per heavy atom. The molecule has 30 heavy (non-hydrogen) atoms. The first-order valence-corrected chi connectivity index (χ1v) is 10.7. The minimum absolute atomic E-state index is 0.0577. The van der Waals surface area contributed by atoms with Gasteiger partial charge >= 0.3 is 5.97 Å². The number of fused-ring (bicyclic) bond motifs is 3. The molecule has 0 aromatic heterocycles. The fourth-order valence-corrected chi connectivity index (χ4v) is 5.02. The lowest BCUT2D eigenvalue weighted by Gasteiger charge is -2.43. The highest BCUT2D eigenvalue weighted by Crippen LogP contribution is 2.41. The predicted molar refractivity (Wildman–Crippen MR) is 111 cm³/mol. The third-order valence-electron chi connectivity index (χ3n) is 6.75. The molecule has 1 N–H and O–H groups in total. The highest BCUT2D eigenvalue weighted by molar-refractivity contribution is 6.15. The molecule has 1 unspecified atom stereocenters. The Kier molecular flexibility index (Phi) is 5.16. The van der Waals surface area contributed by atoms with Crippen molar-refractivity contribution >= 4 is 34.9 Å². The number of benzene rings is 1. The molecule has 4 atom stereocenters. The summed E-state index contributed by atoms with van der Waals surface area (Å²) in [7, 11) is 0. The largest absolute Gasteiger partial charge is 0.452 e. The highest BCUT2D eigenvalue weighted by Gasteiger charge is 2.46. The van der Waals surface area contributed by atoms with Gasteiger partial charge in [-0.1, -0.05) is 18.6 Å². The number of nitrogens with zero attached hydrogens (tertiary/aromatic N) is 1. The Morgan fingerprint density at radius 1 is 1.13 bits per heavy atom. The average Bonchev–Trinajstić information content (AvgIpc) is 2.68. The maximum atomic E-state index is 13.3. The normalized spacial score (nSPS) is 28.2. The number of para-hydroxylation sites is 2. The van der Waals surface area contributed by atoms with Crippen molar-refractivity contribution in [3.8, 4) is 0 Å². The van der Waals surface area contributed by atoms with E-state index in [9.17, 15) is 19.2 Å². The zero-order valence-electron chi connectivity index (χ0n) is 17.6. The molecule has 1 aliphatic heterocycles. The molecule has 7 heteroatoms. The van der Waals surface area contributed by atoms with Gasteiger partial charge < -0.3 is 10.1 Å². The standard InChI is InChI=1S/C23H28N2O5/c1-13(30-21(28)16-11-14-7-6-8-15(12-16)19(14)26)20(27)25-18-10-5-4-9-17(18)24-22(29)23(25,2)3/h4-5,9-10,13-16H,6-8,11-12H2,1-3H3,(H,24,29)/t13-,14-,15+,16?/m0/s1. The third-order valence-corrected chi connectivity index (χ3v) is 6.75. The van der Waals surface area contributed by atoms with Crippen molar-refractivity contribution in [1.82, 2.24) is 0 Å². The molecule has 0 radical (unpaired) electrons. The Bertz CT molecular complexity index is 893. The van der Waals surface area contributed by atoms with E-state index in [0.29, 0.717) is 24.2 Å². The number of ketones is 1. The van der Waals surface area contributed by atoms with Crippen LogP contribution in [-0.2, 0) is 23.9 Å². The van der Waals surface area contributed by atoms with Crippen molar-refractivity contribution < 1.29 is 23.9 Å². The lowest BCUT2D eigenvalue weighted by atomic mass is 9.67. The van der Waals surface area contributed by atoms with Gasteiger partial charge in [-0.15, -0.1) is 0 Å². The summed E-state index contributed by atoms with van der Waals surface area (Å²) in [6, 6.07) is 7.07. The molecule has 1 heterocycles. The van der Waals surface area contributed by atoms with E-state index in [1.807, 2.05) is 0 Å². The number of carbonyl (C=O) groups is 4. The molecule has 160 valence electrons. The van der Waals surface area contributed by atoms with Crippen LogP contribution in [0.4, 0.5) is 11.4 Å². The fraction of sp³-hybridized carbons (Fsp3) is 0.565. The Hall–Kier alpha value is -2.70. The second-order valence-electron chi connectivity index (χ2n) is 9.18. The predicted octanol–water partition coefficient (Wildman–Crippen LogP) is 3.08. The van der Waals surface area contributed by atoms with Crippen molar-refractivity contribution in [3.63, 3.8) is 0 Å². The van der Waals surface area contributed by atoms with Gasteiger partial charge in [0.15, 0.2) is 6.10 Å². The van der Waals surface area contributed by atoms with Gasteiger partial charge in [0.05, 0.1) is 17.3 Å². The molecular weight excluding hydrogens is 384 g/mol. The molecule has 1 aromatic carbocycles. The van der Waals surface area contributed by atoms with Crippen molar-refractivity contribution in [2.75, 3.05) is 10.2 Å². The summed E-state index contributed by atoms with van der Waals surface area (Å²) in [5.41, 5.74) is 0.000490. The van der Waals surface area contributed by atoms with E-state index in [0.717, 1.165) is 19.3 Å². The summed E-state index contributed by atoms with van der Waals surface area (Å²) in [6.45, 7) is 4.87. The lowest BCUT2D eigenvalue weighted by molar-refractivity contribution is -0.161. The smallest absolute Gasteiger partial charge is 0.309 e. The van der Waals surface area contributed by atoms with Gasteiger partial charge in [0, 0.05) is 11.8 Å². The van der Waals surface area contributed by atoms with Crippen LogP contribution in [0.5, 0.6) is 0 Å². The number of ether oxygens (including phenoxy) is 1. The number of nitrogens with one attached hydrogen (secondary N) is 1. The molecule has 2 saturated carbocycles. The van der Waals surface area contributed by atoms with Crippen LogP contribution in [-0.4, -0.2) is 35.2 Å². The van der Waals surface area contributed by atoms with Gasteiger partial charge in [0.1, 0.15) is 11.3 Å². The summed E-state index contributed by atoms with van der Waals surface area (Å²) in [4.78, 5) is 52.4. The van der Waals surface area contributed by atoms with Crippen LogP contribution in [0.1, 0.15) is 52.9 Å².